The van der Waals surface area contributed by atoms with E-state index in [1.165, 1.54) is 10.9 Å². The van der Waals surface area contributed by atoms with E-state index >= 15 is 0 Å². The van der Waals surface area contributed by atoms with Gasteiger partial charge in [-0.25, -0.2) is 19.6 Å². The Morgan fingerprint density at radius 1 is 1.42 bits per heavy atom. The summed E-state index contributed by atoms with van der Waals surface area (Å²) in [5.74, 6) is 0. The second kappa shape index (κ2) is 5.98. The van der Waals surface area contributed by atoms with Crippen molar-refractivity contribution in [2.75, 3.05) is 13.1 Å². The van der Waals surface area contributed by atoms with Crippen LogP contribution in [0.15, 0.2) is 17.3 Å². The Morgan fingerprint density at radius 3 is 3.00 bits per heavy atom. The molecule has 8 heteroatoms. The van der Waals surface area contributed by atoms with Crippen molar-refractivity contribution in [2.45, 2.75) is 19.9 Å². The van der Waals surface area contributed by atoms with Crippen molar-refractivity contribution in [3.63, 3.8) is 0 Å². The Morgan fingerprint density at radius 2 is 2.21 bits per heavy atom. The zero-order chi connectivity index (χ0) is 13.7. The maximum Gasteiger partial charge on any atom is 0.327 e. The van der Waals surface area contributed by atoms with Crippen molar-refractivity contribution in [1.29, 1.82) is 0 Å². The number of urea groups is 1. The SMILES string of the molecule is CCCNC(=O)NCCn1c(=O)[nH]c2cncnc21. The molecule has 0 aromatic carbocycles. The van der Waals surface area contributed by atoms with Gasteiger partial charge in [-0.15, -0.1) is 0 Å². The molecule has 0 atom stereocenters. The van der Waals surface area contributed by atoms with Crippen LogP contribution in [0.4, 0.5) is 4.79 Å². The fourth-order valence-corrected chi connectivity index (χ4v) is 1.70. The lowest BCUT2D eigenvalue weighted by Gasteiger charge is -2.06. The van der Waals surface area contributed by atoms with Crippen LogP contribution < -0.4 is 16.3 Å². The van der Waals surface area contributed by atoms with E-state index in [0.717, 1.165) is 6.42 Å². The average molecular weight is 264 g/mol. The summed E-state index contributed by atoms with van der Waals surface area (Å²) in [7, 11) is 0. The maximum atomic E-state index is 11.7. The first-order valence-electron chi connectivity index (χ1n) is 6.12. The van der Waals surface area contributed by atoms with E-state index < -0.39 is 0 Å². The molecular formula is C11H16N6O2. The molecule has 3 N–H and O–H groups in total. The number of hydrogen-bond donors (Lipinski definition) is 3. The molecule has 102 valence electrons. The van der Waals surface area contributed by atoms with Gasteiger partial charge in [0.2, 0.25) is 0 Å². The second-order valence-electron chi connectivity index (χ2n) is 4.02. The van der Waals surface area contributed by atoms with Gasteiger partial charge in [0.15, 0.2) is 5.65 Å². The van der Waals surface area contributed by atoms with E-state index in [0.29, 0.717) is 30.8 Å². The third-order valence-electron chi connectivity index (χ3n) is 2.59. The lowest BCUT2D eigenvalue weighted by molar-refractivity contribution is 0.240. The first-order valence-corrected chi connectivity index (χ1v) is 6.12. The van der Waals surface area contributed by atoms with Gasteiger partial charge >= 0.3 is 11.7 Å². The molecule has 19 heavy (non-hydrogen) atoms. The second-order valence-corrected chi connectivity index (χ2v) is 4.02. The monoisotopic (exact) mass is 264 g/mol. The Bertz CT molecular complexity index is 617. The summed E-state index contributed by atoms with van der Waals surface area (Å²) in [5, 5.41) is 5.37. The molecule has 0 aliphatic carbocycles. The molecular weight excluding hydrogens is 248 g/mol. The predicted octanol–water partition coefficient (Wildman–Crippen LogP) is -0.171. The third-order valence-corrected chi connectivity index (χ3v) is 2.59. The van der Waals surface area contributed by atoms with Crippen molar-refractivity contribution in [1.82, 2.24) is 30.2 Å². The van der Waals surface area contributed by atoms with Crippen molar-refractivity contribution in [3.05, 3.63) is 23.0 Å². The van der Waals surface area contributed by atoms with E-state index in [-0.39, 0.29) is 11.7 Å². The number of imidazole rings is 1. The Labute approximate surface area is 109 Å². The zero-order valence-electron chi connectivity index (χ0n) is 10.6. The largest absolute Gasteiger partial charge is 0.338 e. The number of carbonyl (C=O) groups excluding carboxylic acids is 1. The third kappa shape index (κ3) is 3.09. The topological polar surface area (TPSA) is 105 Å². The number of aromatic nitrogens is 4. The van der Waals surface area contributed by atoms with Gasteiger partial charge in [-0.2, -0.15) is 0 Å². The molecule has 0 saturated carbocycles. The number of rotatable bonds is 5. The molecule has 0 saturated heterocycles. The predicted molar refractivity (Wildman–Crippen MR) is 69.8 cm³/mol. The summed E-state index contributed by atoms with van der Waals surface area (Å²) in [6.07, 6.45) is 3.81. The normalized spacial score (nSPS) is 10.6. The van der Waals surface area contributed by atoms with Crippen molar-refractivity contribution >= 4 is 17.2 Å². The van der Waals surface area contributed by atoms with Gasteiger partial charge in [0.1, 0.15) is 11.8 Å². The van der Waals surface area contributed by atoms with Crippen LogP contribution in [0.3, 0.4) is 0 Å². The van der Waals surface area contributed by atoms with E-state index in [4.69, 9.17) is 0 Å². The summed E-state index contributed by atoms with van der Waals surface area (Å²) in [5.41, 5.74) is 0.866. The molecule has 8 nitrogen and oxygen atoms in total. The van der Waals surface area contributed by atoms with Gasteiger partial charge in [0.05, 0.1) is 6.20 Å². The first-order chi connectivity index (χ1) is 9.22. The average Bonchev–Trinajstić information content (AvgIpc) is 2.73. The summed E-state index contributed by atoms with van der Waals surface area (Å²) in [6, 6.07) is -0.232. The van der Waals surface area contributed by atoms with Gasteiger partial charge in [0.25, 0.3) is 0 Å². The smallest absolute Gasteiger partial charge is 0.327 e. The standard InChI is InChI=1S/C11H16N6O2/c1-2-3-13-10(18)14-4-5-17-9-8(16-11(17)19)6-12-7-15-9/h6-7H,2-5H2,1H3,(H,16,19)(H2,13,14,18). The van der Waals surface area contributed by atoms with Crippen molar-refractivity contribution in [3.8, 4) is 0 Å². The van der Waals surface area contributed by atoms with Crippen LogP contribution in [-0.4, -0.2) is 38.6 Å². The zero-order valence-corrected chi connectivity index (χ0v) is 10.6. The highest BCUT2D eigenvalue weighted by Gasteiger charge is 2.07. The fraction of sp³-hybridized carbons (Fsp3) is 0.455. The highest BCUT2D eigenvalue weighted by Crippen LogP contribution is 2.02. The number of nitrogens with zero attached hydrogens (tertiary/aromatic N) is 3. The molecule has 2 amide bonds. The Kier molecular flexibility index (Phi) is 4.11. The van der Waals surface area contributed by atoms with E-state index in [1.807, 2.05) is 6.92 Å². The molecule has 0 bridgehead atoms. The van der Waals surface area contributed by atoms with Gasteiger partial charge in [-0.3, -0.25) is 4.57 Å². The maximum absolute atomic E-state index is 11.7. The van der Waals surface area contributed by atoms with Crippen LogP contribution >= 0.6 is 0 Å². The van der Waals surface area contributed by atoms with Gasteiger partial charge < -0.3 is 15.6 Å². The lowest BCUT2D eigenvalue weighted by atomic mass is 10.5. The molecule has 2 rings (SSSR count). The molecule has 2 aromatic heterocycles. The number of H-pyrrole nitrogens is 1. The van der Waals surface area contributed by atoms with Crippen LogP contribution in [0.25, 0.3) is 11.2 Å². The minimum Gasteiger partial charge on any atom is -0.338 e. The quantitative estimate of drug-likeness (QED) is 0.697. The number of amides is 2. The van der Waals surface area contributed by atoms with E-state index in [2.05, 4.69) is 25.6 Å². The Balaban J connectivity index is 1.97. The minimum absolute atomic E-state index is 0.232. The van der Waals surface area contributed by atoms with E-state index in [1.54, 1.807) is 6.20 Å². The number of nitrogens with one attached hydrogen (secondary N) is 3. The van der Waals surface area contributed by atoms with Crippen LogP contribution in [0.5, 0.6) is 0 Å². The molecule has 0 radical (unpaired) electrons. The summed E-state index contributed by atoms with van der Waals surface area (Å²) in [4.78, 5) is 33.6. The number of hydrogen-bond acceptors (Lipinski definition) is 4. The van der Waals surface area contributed by atoms with Gasteiger partial charge in [-0.1, -0.05) is 6.92 Å². The number of fused-ring (bicyclic) bond motifs is 1. The molecule has 0 aliphatic heterocycles. The Hall–Kier alpha value is -2.38. The molecule has 0 aliphatic rings. The summed E-state index contributed by atoms with van der Waals surface area (Å²) < 4.78 is 1.47. The summed E-state index contributed by atoms with van der Waals surface area (Å²) >= 11 is 0. The molecule has 0 spiro atoms. The minimum atomic E-state index is -0.258. The molecule has 2 heterocycles. The van der Waals surface area contributed by atoms with Gasteiger partial charge in [0, 0.05) is 19.6 Å². The fourth-order valence-electron chi connectivity index (χ4n) is 1.70. The number of carbonyl (C=O) groups is 1. The lowest BCUT2D eigenvalue weighted by Crippen LogP contribution is -2.38. The molecule has 0 unspecified atom stereocenters. The summed E-state index contributed by atoms with van der Waals surface area (Å²) in [6.45, 7) is 3.32. The van der Waals surface area contributed by atoms with Crippen LogP contribution in [0, 0.1) is 0 Å². The van der Waals surface area contributed by atoms with Crippen LogP contribution in [-0.2, 0) is 6.54 Å². The van der Waals surface area contributed by atoms with Crippen molar-refractivity contribution < 1.29 is 4.79 Å². The molecule has 2 aromatic rings. The van der Waals surface area contributed by atoms with Crippen LogP contribution in [0.1, 0.15) is 13.3 Å². The van der Waals surface area contributed by atoms with Crippen LogP contribution in [0.2, 0.25) is 0 Å². The highest BCUT2D eigenvalue weighted by atomic mass is 16.2. The highest BCUT2D eigenvalue weighted by molar-refractivity contribution is 5.73. The molecule has 0 fully saturated rings. The van der Waals surface area contributed by atoms with Crippen molar-refractivity contribution in [2.24, 2.45) is 0 Å². The van der Waals surface area contributed by atoms with Gasteiger partial charge in [-0.05, 0) is 6.42 Å². The first kappa shape index (κ1) is 13.1. The number of aromatic amines is 1. The van der Waals surface area contributed by atoms with E-state index in [9.17, 15) is 9.59 Å².